The first-order valence-electron chi connectivity index (χ1n) is 7.01. The van der Waals surface area contributed by atoms with Crippen LogP contribution in [0.5, 0.6) is 5.88 Å². The third-order valence-corrected chi connectivity index (χ3v) is 3.42. The van der Waals surface area contributed by atoms with Crippen molar-refractivity contribution >= 4 is 0 Å². The molecule has 2 heterocycles. The molecule has 2 rings (SSSR count). The number of likely N-dealkylation sites (tertiary alicyclic amines) is 1. The molecule has 19 heavy (non-hydrogen) atoms. The zero-order valence-corrected chi connectivity index (χ0v) is 11.9. The Bertz CT molecular complexity index is 367. The second kappa shape index (κ2) is 6.35. The van der Waals surface area contributed by atoms with Crippen LogP contribution in [0.15, 0.2) is 24.4 Å². The van der Waals surface area contributed by atoms with Gasteiger partial charge in [-0.3, -0.25) is 0 Å². The zero-order valence-electron chi connectivity index (χ0n) is 11.9. The van der Waals surface area contributed by atoms with E-state index < -0.39 is 5.60 Å². The normalized spacial score (nSPS) is 18.5. The average Bonchev–Trinajstić information content (AvgIpc) is 2.37. The van der Waals surface area contributed by atoms with Gasteiger partial charge >= 0.3 is 0 Å². The third kappa shape index (κ3) is 5.17. The first-order chi connectivity index (χ1) is 9.03. The van der Waals surface area contributed by atoms with E-state index in [0.717, 1.165) is 39.1 Å². The van der Waals surface area contributed by atoms with Crippen LogP contribution in [-0.2, 0) is 0 Å². The molecular weight excluding hydrogens is 240 g/mol. The minimum absolute atomic E-state index is 0.597. The van der Waals surface area contributed by atoms with Crippen molar-refractivity contribution < 1.29 is 9.84 Å². The highest BCUT2D eigenvalue weighted by Crippen LogP contribution is 2.20. The lowest BCUT2D eigenvalue weighted by Crippen LogP contribution is -2.43. The molecule has 0 aromatic carbocycles. The molecule has 1 saturated heterocycles. The predicted octanol–water partition coefficient (Wildman–Crippen LogP) is 1.94. The molecule has 1 aliphatic heterocycles. The highest BCUT2D eigenvalue weighted by Gasteiger charge is 2.24. The Morgan fingerprint density at radius 2 is 2.11 bits per heavy atom. The second-order valence-corrected chi connectivity index (χ2v) is 6.01. The maximum atomic E-state index is 9.81. The van der Waals surface area contributed by atoms with Crippen LogP contribution in [0.1, 0.15) is 26.7 Å². The van der Waals surface area contributed by atoms with Crippen LogP contribution in [0.25, 0.3) is 0 Å². The summed E-state index contributed by atoms with van der Waals surface area (Å²) in [7, 11) is 0. The van der Waals surface area contributed by atoms with Crippen LogP contribution >= 0.6 is 0 Å². The van der Waals surface area contributed by atoms with Gasteiger partial charge in [0, 0.05) is 18.8 Å². The van der Waals surface area contributed by atoms with Crippen molar-refractivity contribution in [3.8, 4) is 5.88 Å². The Hall–Kier alpha value is -1.13. The first-order valence-corrected chi connectivity index (χ1v) is 7.01. The van der Waals surface area contributed by atoms with Gasteiger partial charge in [0.1, 0.15) is 0 Å². The number of pyridine rings is 1. The molecular formula is C15H24N2O2. The number of hydrogen-bond donors (Lipinski definition) is 1. The SMILES string of the molecule is CC(C)(O)CN1CCC(COc2ccccn2)CC1. The molecule has 4 heteroatoms. The lowest BCUT2D eigenvalue weighted by Gasteiger charge is -2.35. The summed E-state index contributed by atoms with van der Waals surface area (Å²) in [4.78, 5) is 6.49. The van der Waals surface area contributed by atoms with E-state index in [1.807, 2.05) is 32.0 Å². The van der Waals surface area contributed by atoms with Crippen molar-refractivity contribution in [1.29, 1.82) is 0 Å². The van der Waals surface area contributed by atoms with Gasteiger partial charge in [-0.05, 0) is 51.8 Å². The van der Waals surface area contributed by atoms with E-state index in [-0.39, 0.29) is 0 Å². The van der Waals surface area contributed by atoms with Crippen molar-refractivity contribution in [1.82, 2.24) is 9.88 Å². The Kier molecular flexibility index (Phi) is 4.77. The topological polar surface area (TPSA) is 45.6 Å². The fourth-order valence-corrected chi connectivity index (χ4v) is 2.49. The molecule has 1 aromatic heterocycles. The summed E-state index contributed by atoms with van der Waals surface area (Å²) in [5.41, 5.74) is -0.600. The van der Waals surface area contributed by atoms with Gasteiger partial charge in [0.2, 0.25) is 5.88 Å². The van der Waals surface area contributed by atoms with Gasteiger partial charge in [-0.2, -0.15) is 0 Å². The number of piperidine rings is 1. The molecule has 4 nitrogen and oxygen atoms in total. The number of rotatable bonds is 5. The number of nitrogens with zero attached hydrogens (tertiary/aromatic N) is 2. The van der Waals surface area contributed by atoms with Gasteiger partial charge in [-0.15, -0.1) is 0 Å². The number of aromatic nitrogens is 1. The van der Waals surface area contributed by atoms with Crippen LogP contribution in [0.4, 0.5) is 0 Å². The average molecular weight is 264 g/mol. The minimum Gasteiger partial charge on any atom is -0.477 e. The minimum atomic E-state index is -0.600. The molecule has 0 spiro atoms. The van der Waals surface area contributed by atoms with Crippen LogP contribution in [0.2, 0.25) is 0 Å². The highest BCUT2D eigenvalue weighted by atomic mass is 16.5. The summed E-state index contributed by atoms with van der Waals surface area (Å²) in [6.45, 7) is 7.31. The van der Waals surface area contributed by atoms with Gasteiger partial charge in [-0.1, -0.05) is 6.07 Å². The van der Waals surface area contributed by atoms with Gasteiger partial charge in [0.15, 0.2) is 0 Å². The molecule has 0 radical (unpaired) electrons. The number of ether oxygens (including phenoxy) is 1. The van der Waals surface area contributed by atoms with E-state index in [2.05, 4.69) is 9.88 Å². The third-order valence-electron chi connectivity index (χ3n) is 3.42. The van der Waals surface area contributed by atoms with Crippen LogP contribution in [0.3, 0.4) is 0 Å². The van der Waals surface area contributed by atoms with Crippen molar-refractivity contribution in [2.45, 2.75) is 32.3 Å². The van der Waals surface area contributed by atoms with E-state index in [1.54, 1.807) is 6.20 Å². The molecule has 1 aromatic rings. The van der Waals surface area contributed by atoms with Crippen LogP contribution in [0, 0.1) is 5.92 Å². The summed E-state index contributed by atoms with van der Waals surface area (Å²) in [5.74, 6) is 1.31. The Labute approximate surface area is 115 Å². The Morgan fingerprint density at radius 3 is 2.68 bits per heavy atom. The van der Waals surface area contributed by atoms with E-state index in [0.29, 0.717) is 11.8 Å². The van der Waals surface area contributed by atoms with Crippen molar-refractivity contribution in [3.05, 3.63) is 24.4 Å². The van der Waals surface area contributed by atoms with Crippen LogP contribution < -0.4 is 4.74 Å². The van der Waals surface area contributed by atoms with Gasteiger partial charge in [-0.25, -0.2) is 4.98 Å². The smallest absolute Gasteiger partial charge is 0.213 e. The lowest BCUT2D eigenvalue weighted by atomic mass is 9.96. The maximum absolute atomic E-state index is 9.81. The number of aliphatic hydroxyl groups is 1. The van der Waals surface area contributed by atoms with Crippen molar-refractivity contribution in [2.75, 3.05) is 26.2 Å². The fourth-order valence-electron chi connectivity index (χ4n) is 2.49. The number of hydrogen-bond acceptors (Lipinski definition) is 4. The molecule has 0 bridgehead atoms. The standard InChI is InChI=1S/C15H24N2O2/c1-15(2,18)12-17-9-6-13(7-10-17)11-19-14-5-3-4-8-16-14/h3-5,8,13,18H,6-7,9-12H2,1-2H3. The van der Waals surface area contributed by atoms with Crippen molar-refractivity contribution in [2.24, 2.45) is 5.92 Å². The summed E-state index contributed by atoms with van der Waals surface area (Å²) < 4.78 is 5.70. The van der Waals surface area contributed by atoms with E-state index >= 15 is 0 Å². The zero-order chi connectivity index (χ0) is 13.7. The van der Waals surface area contributed by atoms with Crippen molar-refractivity contribution in [3.63, 3.8) is 0 Å². The van der Waals surface area contributed by atoms with Gasteiger partial charge in [0.25, 0.3) is 0 Å². The second-order valence-electron chi connectivity index (χ2n) is 6.01. The molecule has 1 fully saturated rings. The fraction of sp³-hybridized carbons (Fsp3) is 0.667. The van der Waals surface area contributed by atoms with E-state index in [1.165, 1.54) is 0 Å². The summed E-state index contributed by atoms with van der Waals surface area (Å²) in [6.07, 6.45) is 4.01. The molecule has 0 aliphatic carbocycles. The molecule has 0 saturated carbocycles. The Morgan fingerprint density at radius 1 is 1.37 bits per heavy atom. The monoisotopic (exact) mass is 264 g/mol. The predicted molar refractivity (Wildman–Crippen MR) is 75.2 cm³/mol. The molecule has 0 unspecified atom stereocenters. The quantitative estimate of drug-likeness (QED) is 0.883. The first kappa shape index (κ1) is 14.3. The molecule has 1 N–H and O–H groups in total. The molecule has 0 amide bonds. The Balaban J connectivity index is 1.69. The van der Waals surface area contributed by atoms with E-state index in [9.17, 15) is 5.11 Å². The summed E-state index contributed by atoms with van der Waals surface area (Å²) in [5, 5.41) is 9.81. The molecule has 106 valence electrons. The molecule has 0 atom stereocenters. The highest BCUT2D eigenvalue weighted by molar-refractivity contribution is 5.09. The largest absolute Gasteiger partial charge is 0.477 e. The van der Waals surface area contributed by atoms with Gasteiger partial charge < -0.3 is 14.7 Å². The van der Waals surface area contributed by atoms with Gasteiger partial charge in [0.05, 0.1) is 12.2 Å². The molecule has 1 aliphatic rings. The lowest BCUT2D eigenvalue weighted by molar-refractivity contribution is 0.0211. The maximum Gasteiger partial charge on any atom is 0.213 e. The number of β-amino-alcohol motifs (C(OH)–C–C–N with tert-alkyl or cyclic N) is 1. The summed E-state index contributed by atoms with van der Waals surface area (Å²) >= 11 is 0. The van der Waals surface area contributed by atoms with E-state index in [4.69, 9.17) is 4.74 Å². The van der Waals surface area contributed by atoms with Crippen LogP contribution in [-0.4, -0.2) is 46.8 Å². The summed E-state index contributed by atoms with van der Waals surface area (Å²) in [6, 6.07) is 5.72.